The minimum absolute atomic E-state index is 0.115. The monoisotopic (exact) mass is 303 g/mol. The maximum absolute atomic E-state index is 11.9. The lowest BCUT2D eigenvalue weighted by atomic mass is 9.89. The molecule has 1 aliphatic heterocycles. The fraction of sp³-hybridized carbons (Fsp3) is 0.500. The van der Waals surface area contributed by atoms with E-state index >= 15 is 0 Å². The second-order valence-electron chi connectivity index (χ2n) is 6.06. The molecule has 0 aromatic heterocycles. The van der Waals surface area contributed by atoms with Crippen molar-refractivity contribution in [2.45, 2.75) is 38.9 Å². The van der Waals surface area contributed by atoms with Crippen molar-refractivity contribution in [1.29, 1.82) is 0 Å². The maximum Gasteiger partial charge on any atom is 0.223 e. The second-order valence-corrected chi connectivity index (χ2v) is 6.06. The normalized spacial score (nSPS) is 23.2. The molecule has 2 rings (SSSR count). The Kier molecular flexibility index (Phi) is 6.16. The molecule has 0 radical (unpaired) electrons. The Morgan fingerprint density at radius 3 is 2.68 bits per heavy atom. The molecule has 120 valence electrons. The molecule has 0 bridgehead atoms. The minimum atomic E-state index is -0.373. The number of nitrogens with two attached hydrogens (primary N) is 1. The molecule has 1 aromatic carbocycles. The summed E-state index contributed by atoms with van der Waals surface area (Å²) < 4.78 is 11.3. The van der Waals surface area contributed by atoms with E-state index in [9.17, 15) is 4.79 Å². The molecule has 0 saturated carbocycles. The number of ether oxygens (including phenoxy) is 2. The number of benzene rings is 1. The predicted molar refractivity (Wildman–Crippen MR) is 86.0 cm³/mol. The Labute approximate surface area is 132 Å². The topological polar surface area (TPSA) is 61.6 Å². The van der Waals surface area contributed by atoms with Crippen LogP contribution in [0.3, 0.4) is 0 Å². The van der Waals surface area contributed by atoms with Crippen LogP contribution in [0.4, 0.5) is 0 Å². The number of hydrogen-bond donors (Lipinski definition) is 1. The molecule has 1 fully saturated rings. The van der Waals surface area contributed by atoms with E-state index < -0.39 is 0 Å². The van der Waals surface area contributed by atoms with Crippen molar-refractivity contribution >= 4 is 5.91 Å². The minimum Gasteiger partial charge on any atom is -0.369 e. The van der Waals surface area contributed by atoms with Gasteiger partial charge in [0.15, 0.2) is 0 Å². The lowest BCUT2D eigenvalue weighted by molar-refractivity contribution is -0.126. The Hall–Kier alpha value is -1.65. The van der Waals surface area contributed by atoms with E-state index in [1.54, 1.807) is 0 Å². The molecule has 0 aliphatic carbocycles. The maximum atomic E-state index is 11.9. The van der Waals surface area contributed by atoms with E-state index in [0.29, 0.717) is 12.3 Å². The standard InChI is InChI=1S/C18H25NO3/c1-13(2)7-6-10-16-17(22-12-21-16)15(18(19)20)11-14-8-4-3-5-9-14/h3-9,13,15-17H,10-12H2,1-2H3,(H2,19,20). The van der Waals surface area contributed by atoms with Gasteiger partial charge in [-0.1, -0.05) is 56.3 Å². The van der Waals surface area contributed by atoms with Crippen molar-refractivity contribution in [3.05, 3.63) is 48.0 Å². The van der Waals surface area contributed by atoms with Gasteiger partial charge < -0.3 is 15.2 Å². The third-order valence-corrected chi connectivity index (χ3v) is 3.86. The van der Waals surface area contributed by atoms with E-state index in [2.05, 4.69) is 26.0 Å². The molecular formula is C18H25NO3. The number of primary amides is 1. The zero-order chi connectivity index (χ0) is 15.9. The van der Waals surface area contributed by atoms with Gasteiger partial charge >= 0.3 is 0 Å². The highest BCUT2D eigenvalue weighted by atomic mass is 16.7. The molecule has 1 saturated heterocycles. The van der Waals surface area contributed by atoms with E-state index in [1.807, 2.05) is 30.3 Å². The highest BCUT2D eigenvalue weighted by molar-refractivity contribution is 5.77. The smallest absolute Gasteiger partial charge is 0.223 e. The predicted octanol–water partition coefficient (Wildman–Crippen LogP) is 2.67. The Morgan fingerprint density at radius 2 is 2.05 bits per heavy atom. The molecule has 1 aliphatic rings. The third kappa shape index (κ3) is 4.68. The zero-order valence-electron chi connectivity index (χ0n) is 13.3. The van der Waals surface area contributed by atoms with Crippen molar-refractivity contribution in [3.63, 3.8) is 0 Å². The largest absolute Gasteiger partial charge is 0.369 e. The van der Waals surface area contributed by atoms with Gasteiger partial charge in [-0.25, -0.2) is 0 Å². The number of hydrogen-bond acceptors (Lipinski definition) is 3. The molecule has 1 heterocycles. The fourth-order valence-corrected chi connectivity index (χ4v) is 2.72. The quantitative estimate of drug-likeness (QED) is 0.788. The average Bonchev–Trinajstić information content (AvgIpc) is 2.93. The van der Waals surface area contributed by atoms with Crippen molar-refractivity contribution in [2.75, 3.05) is 6.79 Å². The summed E-state index contributed by atoms with van der Waals surface area (Å²) >= 11 is 0. The first-order valence-electron chi connectivity index (χ1n) is 7.81. The van der Waals surface area contributed by atoms with Gasteiger partial charge in [-0.2, -0.15) is 0 Å². The summed E-state index contributed by atoms with van der Waals surface area (Å²) in [5.41, 5.74) is 6.69. The molecule has 4 nitrogen and oxygen atoms in total. The van der Waals surface area contributed by atoms with Gasteiger partial charge in [0.1, 0.15) is 6.79 Å². The number of allylic oxidation sites excluding steroid dienone is 1. The summed E-state index contributed by atoms with van der Waals surface area (Å²) in [7, 11) is 0. The molecule has 3 unspecified atom stereocenters. The van der Waals surface area contributed by atoms with E-state index in [1.165, 1.54) is 0 Å². The first-order chi connectivity index (χ1) is 10.6. The van der Waals surface area contributed by atoms with Gasteiger partial charge in [-0.15, -0.1) is 0 Å². The average molecular weight is 303 g/mol. The van der Waals surface area contributed by atoms with Crippen molar-refractivity contribution in [3.8, 4) is 0 Å². The molecule has 22 heavy (non-hydrogen) atoms. The molecule has 2 N–H and O–H groups in total. The molecule has 1 amide bonds. The Morgan fingerprint density at radius 1 is 1.32 bits per heavy atom. The van der Waals surface area contributed by atoms with Crippen LogP contribution in [0.1, 0.15) is 25.8 Å². The van der Waals surface area contributed by atoms with Crippen LogP contribution in [-0.2, 0) is 20.7 Å². The fourth-order valence-electron chi connectivity index (χ4n) is 2.72. The third-order valence-electron chi connectivity index (χ3n) is 3.86. The number of amides is 1. The summed E-state index contributed by atoms with van der Waals surface area (Å²) in [6.45, 7) is 4.48. The van der Waals surface area contributed by atoms with Gasteiger partial charge in [0.05, 0.1) is 18.1 Å². The van der Waals surface area contributed by atoms with Crippen LogP contribution in [-0.4, -0.2) is 24.9 Å². The van der Waals surface area contributed by atoms with Crippen LogP contribution >= 0.6 is 0 Å². The van der Waals surface area contributed by atoms with Crippen LogP contribution in [0.5, 0.6) is 0 Å². The van der Waals surface area contributed by atoms with Crippen LogP contribution in [0.15, 0.2) is 42.5 Å². The SMILES string of the molecule is CC(C)C=CCC1OCOC1C(Cc1ccccc1)C(N)=O. The van der Waals surface area contributed by atoms with Crippen molar-refractivity contribution in [2.24, 2.45) is 17.6 Å². The highest BCUT2D eigenvalue weighted by Crippen LogP contribution is 2.26. The van der Waals surface area contributed by atoms with Gasteiger partial charge in [0.2, 0.25) is 5.91 Å². The number of carbonyl (C=O) groups is 1. The van der Waals surface area contributed by atoms with Crippen molar-refractivity contribution < 1.29 is 14.3 Å². The van der Waals surface area contributed by atoms with Crippen LogP contribution in [0, 0.1) is 11.8 Å². The van der Waals surface area contributed by atoms with E-state index in [4.69, 9.17) is 15.2 Å². The Balaban J connectivity index is 2.05. The summed E-state index contributed by atoms with van der Waals surface area (Å²) in [4.78, 5) is 11.9. The van der Waals surface area contributed by atoms with Gasteiger partial charge in [-0.3, -0.25) is 4.79 Å². The van der Waals surface area contributed by atoms with E-state index in [0.717, 1.165) is 12.0 Å². The Bertz CT molecular complexity index is 498. The molecule has 1 aromatic rings. The van der Waals surface area contributed by atoms with Crippen LogP contribution in [0.25, 0.3) is 0 Å². The summed E-state index contributed by atoms with van der Waals surface area (Å²) in [5, 5.41) is 0. The number of rotatable bonds is 7. The van der Waals surface area contributed by atoms with Crippen LogP contribution < -0.4 is 5.73 Å². The van der Waals surface area contributed by atoms with E-state index in [-0.39, 0.29) is 30.8 Å². The summed E-state index contributed by atoms with van der Waals surface area (Å²) in [6.07, 6.45) is 5.15. The first-order valence-corrected chi connectivity index (χ1v) is 7.81. The number of carbonyl (C=O) groups excluding carboxylic acids is 1. The van der Waals surface area contributed by atoms with Gasteiger partial charge in [0, 0.05) is 0 Å². The van der Waals surface area contributed by atoms with Gasteiger partial charge in [0.25, 0.3) is 0 Å². The first kappa shape index (κ1) is 16.7. The summed E-state index contributed by atoms with van der Waals surface area (Å²) in [6, 6.07) is 9.88. The molecule has 0 spiro atoms. The van der Waals surface area contributed by atoms with Crippen molar-refractivity contribution in [1.82, 2.24) is 0 Å². The lowest BCUT2D eigenvalue weighted by Gasteiger charge is -2.23. The van der Waals surface area contributed by atoms with Gasteiger partial charge in [-0.05, 0) is 24.3 Å². The zero-order valence-corrected chi connectivity index (χ0v) is 13.3. The molecule has 4 heteroatoms. The lowest BCUT2D eigenvalue weighted by Crippen LogP contribution is -2.40. The second kappa shape index (κ2) is 8.11. The molecular weight excluding hydrogens is 278 g/mol. The molecule has 3 atom stereocenters. The highest BCUT2D eigenvalue weighted by Gasteiger charge is 2.38. The van der Waals surface area contributed by atoms with Crippen LogP contribution in [0.2, 0.25) is 0 Å². The summed E-state index contributed by atoms with van der Waals surface area (Å²) in [5.74, 6) is -0.212.